The second-order valence-electron chi connectivity index (χ2n) is 5.52. The van der Waals surface area contributed by atoms with E-state index in [4.69, 9.17) is 11.5 Å². The van der Waals surface area contributed by atoms with E-state index in [0.29, 0.717) is 12.1 Å². The van der Waals surface area contributed by atoms with Crippen LogP contribution in [0.2, 0.25) is 0 Å². The highest BCUT2D eigenvalue weighted by molar-refractivity contribution is 6.07. The van der Waals surface area contributed by atoms with Crippen molar-refractivity contribution < 1.29 is 4.79 Å². The number of hydrogen-bond donors (Lipinski definition) is 3. The lowest BCUT2D eigenvalue weighted by atomic mass is 9.96. The van der Waals surface area contributed by atoms with Crippen molar-refractivity contribution in [3.63, 3.8) is 0 Å². The van der Waals surface area contributed by atoms with Crippen LogP contribution in [-0.4, -0.2) is 22.4 Å². The van der Waals surface area contributed by atoms with Gasteiger partial charge in [0.05, 0.1) is 11.0 Å². The second-order valence-corrected chi connectivity index (χ2v) is 5.52. The molecule has 0 saturated heterocycles. The third-order valence-electron chi connectivity index (χ3n) is 3.98. The Labute approximate surface area is 134 Å². The molecule has 0 bridgehead atoms. The number of hydrogen-bond acceptors (Lipinski definition) is 3. The zero-order chi connectivity index (χ0) is 16.4. The summed E-state index contributed by atoms with van der Waals surface area (Å²) in [5, 5.41) is 0. The largest absolute Gasteiger partial charge is 0.366 e. The minimum absolute atomic E-state index is 0.450. The van der Waals surface area contributed by atoms with Gasteiger partial charge in [0.15, 0.2) is 0 Å². The van der Waals surface area contributed by atoms with E-state index in [0.717, 1.165) is 40.8 Å². The molecule has 0 radical (unpaired) electrons. The summed E-state index contributed by atoms with van der Waals surface area (Å²) in [5.74, 6) is 0.441. The maximum atomic E-state index is 11.9. The lowest BCUT2D eigenvalue weighted by molar-refractivity contribution is 0.100. The number of aromatic amines is 1. The molecule has 0 fully saturated rings. The second kappa shape index (κ2) is 6.22. The maximum Gasteiger partial charge on any atom is 0.249 e. The predicted molar refractivity (Wildman–Crippen MR) is 92.2 cm³/mol. The number of H-pyrrole nitrogens is 1. The standard InChI is InChI=1S/C18H20N4O/c1-2-15-21-14-8-7-13(18(20)23)16(17(14)22-15)12-5-3-11(4-6-12)9-10-19/h3-8H,2,9-10,19H2,1H3,(H2,20,23)(H,21,22). The Hall–Kier alpha value is -2.66. The van der Waals surface area contributed by atoms with Crippen molar-refractivity contribution in [3.05, 3.63) is 53.3 Å². The summed E-state index contributed by atoms with van der Waals surface area (Å²) in [5.41, 5.74) is 16.2. The fourth-order valence-corrected chi connectivity index (χ4v) is 2.80. The van der Waals surface area contributed by atoms with Crippen molar-refractivity contribution in [3.8, 4) is 11.1 Å². The Morgan fingerprint density at radius 3 is 2.52 bits per heavy atom. The Morgan fingerprint density at radius 2 is 1.91 bits per heavy atom. The topological polar surface area (TPSA) is 97.8 Å². The highest BCUT2D eigenvalue weighted by Crippen LogP contribution is 2.31. The van der Waals surface area contributed by atoms with Crippen molar-refractivity contribution in [1.29, 1.82) is 0 Å². The molecule has 5 nitrogen and oxygen atoms in total. The quantitative estimate of drug-likeness (QED) is 0.675. The predicted octanol–water partition coefficient (Wildman–Crippen LogP) is 2.39. The van der Waals surface area contributed by atoms with Crippen LogP contribution in [-0.2, 0) is 12.8 Å². The van der Waals surface area contributed by atoms with Gasteiger partial charge in [0.25, 0.3) is 0 Å². The third kappa shape index (κ3) is 2.83. The van der Waals surface area contributed by atoms with Gasteiger partial charge < -0.3 is 16.5 Å². The molecule has 118 valence electrons. The fraction of sp³-hybridized carbons (Fsp3) is 0.222. The van der Waals surface area contributed by atoms with Crippen molar-refractivity contribution in [2.24, 2.45) is 11.5 Å². The van der Waals surface area contributed by atoms with Crippen LogP contribution in [0.25, 0.3) is 22.2 Å². The van der Waals surface area contributed by atoms with Crippen LogP contribution in [0.5, 0.6) is 0 Å². The van der Waals surface area contributed by atoms with Gasteiger partial charge in [-0.2, -0.15) is 0 Å². The van der Waals surface area contributed by atoms with Gasteiger partial charge in [-0.1, -0.05) is 31.2 Å². The van der Waals surface area contributed by atoms with Crippen LogP contribution in [0.4, 0.5) is 0 Å². The van der Waals surface area contributed by atoms with E-state index in [1.165, 1.54) is 5.56 Å². The van der Waals surface area contributed by atoms with Crippen LogP contribution in [0, 0.1) is 0 Å². The monoisotopic (exact) mass is 308 g/mol. The lowest BCUT2D eigenvalue weighted by Gasteiger charge is -2.09. The van der Waals surface area contributed by atoms with Gasteiger partial charge in [-0.25, -0.2) is 4.98 Å². The SMILES string of the molecule is CCc1nc2c(-c3ccc(CCN)cc3)c(C(N)=O)ccc2[nH]1. The van der Waals surface area contributed by atoms with Crippen LogP contribution >= 0.6 is 0 Å². The van der Waals surface area contributed by atoms with Gasteiger partial charge in [-0.15, -0.1) is 0 Å². The molecular formula is C18H20N4O. The van der Waals surface area contributed by atoms with Crippen molar-refractivity contribution in [2.45, 2.75) is 19.8 Å². The summed E-state index contributed by atoms with van der Waals surface area (Å²) in [6.07, 6.45) is 1.63. The molecule has 0 atom stereocenters. The van der Waals surface area contributed by atoms with E-state index in [1.54, 1.807) is 6.07 Å². The average Bonchev–Trinajstić information content (AvgIpc) is 2.98. The number of fused-ring (bicyclic) bond motifs is 1. The van der Waals surface area contributed by atoms with Crippen molar-refractivity contribution >= 4 is 16.9 Å². The molecule has 0 aliphatic rings. The van der Waals surface area contributed by atoms with Crippen LogP contribution in [0.1, 0.15) is 28.7 Å². The van der Waals surface area contributed by atoms with E-state index in [-0.39, 0.29) is 0 Å². The minimum atomic E-state index is -0.450. The molecule has 0 spiro atoms. The van der Waals surface area contributed by atoms with E-state index in [1.807, 2.05) is 37.3 Å². The van der Waals surface area contributed by atoms with Gasteiger partial charge in [0, 0.05) is 17.5 Å². The zero-order valence-corrected chi connectivity index (χ0v) is 13.1. The third-order valence-corrected chi connectivity index (χ3v) is 3.98. The molecule has 0 unspecified atom stereocenters. The van der Waals surface area contributed by atoms with Crippen molar-refractivity contribution in [1.82, 2.24) is 9.97 Å². The van der Waals surface area contributed by atoms with Gasteiger partial charge >= 0.3 is 0 Å². The van der Waals surface area contributed by atoms with Gasteiger partial charge in [0.2, 0.25) is 5.91 Å². The molecule has 5 N–H and O–H groups in total. The van der Waals surface area contributed by atoms with E-state index in [2.05, 4.69) is 9.97 Å². The maximum absolute atomic E-state index is 11.9. The molecule has 23 heavy (non-hydrogen) atoms. The highest BCUT2D eigenvalue weighted by Gasteiger charge is 2.16. The molecule has 5 heteroatoms. The normalized spacial score (nSPS) is 11.0. The smallest absolute Gasteiger partial charge is 0.249 e. The molecule has 3 aromatic rings. The Morgan fingerprint density at radius 1 is 1.17 bits per heavy atom. The first-order valence-corrected chi connectivity index (χ1v) is 7.74. The number of aromatic nitrogens is 2. The Balaban J connectivity index is 2.21. The Kier molecular flexibility index (Phi) is 4.12. The number of imidazole rings is 1. The first-order chi connectivity index (χ1) is 11.1. The van der Waals surface area contributed by atoms with Crippen molar-refractivity contribution in [2.75, 3.05) is 6.54 Å². The summed E-state index contributed by atoms with van der Waals surface area (Å²) in [7, 11) is 0. The minimum Gasteiger partial charge on any atom is -0.366 e. The lowest BCUT2D eigenvalue weighted by Crippen LogP contribution is -2.12. The number of aryl methyl sites for hydroxylation is 1. The number of carbonyl (C=O) groups excluding carboxylic acids is 1. The van der Waals surface area contributed by atoms with Crippen LogP contribution in [0.3, 0.4) is 0 Å². The van der Waals surface area contributed by atoms with Crippen LogP contribution in [0.15, 0.2) is 36.4 Å². The van der Waals surface area contributed by atoms with Gasteiger partial charge in [0.1, 0.15) is 5.82 Å². The van der Waals surface area contributed by atoms with E-state index >= 15 is 0 Å². The number of benzene rings is 2. The highest BCUT2D eigenvalue weighted by atomic mass is 16.1. The number of amides is 1. The molecule has 0 aliphatic carbocycles. The van der Waals surface area contributed by atoms with Gasteiger partial charge in [-0.05, 0) is 36.2 Å². The van der Waals surface area contributed by atoms with Crippen LogP contribution < -0.4 is 11.5 Å². The van der Waals surface area contributed by atoms with Gasteiger partial charge in [-0.3, -0.25) is 4.79 Å². The Bertz CT molecular complexity index is 849. The molecule has 1 heterocycles. The first-order valence-electron chi connectivity index (χ1n) is 7.74. The number of rotatable bonds is 5. The number of carbonyl (C=O) groups is 1. The molecule has 0 aliphatic heterocycles. The summed E-state index contributed by atoms with van der Waals surface area (Å²) < 4.78 is 0. The molecular weight excluding hydrogens is 288 g/mol. The molecule has 2 aromatic carbocycles. The zero-order valence-electron chi connectivity index (χ0n) is 13.1. The summed E-state index contributed by atoms with van der Waals surface area (Å²) in [6, 6.07) is 11.6. The molecule has 3 rings (SSSR count). The summed E-state index contributed by atoms with van der Waals surface area (Å²) in [4.78, 5) is 19.8. The summed E-state index contributed by atoms with van der Waals surface area (Å²) in [6.45, 7) is 2.65. The molecule has 1 aromatic heterocycles. The van der Waals surface area contributed by atoms with E-state index in [9.17, 15) is 4.79 Å². The number of nitrogens with two attached hydrogens (primary N) is 2. The number of nitrogens with zero attached hydrogens (tertiary/aromatic N) is 1. The number of primary amides is 1. The molecule has 0 saturated carbocycles. The fourth-order valence-electron chi connectivity index (χ4n) is 2.80. The average molecular weight is 308 g/mol. The summed E-state index contributed by atoms with van der Waals surface area (Å²) >= 11 is 0. The molecule has 1 amide bonds. The number of nitrogens with one attached hydrogen (secondary N) is 1. The first kappa shape index (κ1) is 15.2. The van der Waals surface area contributed by atoms with E-state index < -0.39 is 5.91 Å².